The van der Waals surface area contributed by atoms with Crippen molar-refractivity contribution < 1.29 is 29.3 Å². The fraction of sp³-hybridized carbons (Fsp3) is 0.400. The summed E-state index contributed by atoms with van der Waals surface area (Å²) in [5.74, 6) is -2.48. The molecule has 2 amide bonds. The quantitative estimate of drug-likeness (QED) is 0.512. The Morgan fingerprint density at radius 2 is 1.64 bits per heavy atom. The summed E-state index contributed by atoms with van der Waals surface area (Å²) >= 11 is 0. The van der Waals surface area contributed by atoms with Crippen LogP contribution in [0.5, 0.6) is 0 Å². The number of ether oxygens (including phenoxy) is 1. The summed E-state index contributed by atoms with van der Waals surface area (Å²) in [4.78, 5) is 36.7. The molecule has 0 heterocycles. The third kappa shape index (κ3) is 4.43. The molecule has 0 aliphatic heterocycles. The van der Waals surface area contributed by atoms with Gasteiger partial charge in [0, 0.05) is 12.0 Å². The Hall–Kier alpha value is -3.39. The number of carbonyl (C=O) groups is 3. The maximum atomic E-state index is 12.7. The van der Waals surface area contributed by atoms with E-state index in [1.165, 1.54) is 6.92 Å². The lowest BCUT2D eigenvalue weighted by molar-refractivity contribution is -0.149. The molecule has 8 nitrogen and oxygen atoms in total. The molecular weight excluding hydrogens is 424 g/mol. The molecule has 1 fully saturated rings. The van der Waals surface area contributed by atoms with Gasteiger partial charge in [0.15, 0.2) is 5.54 Å². The minimum Gasteiger partial charge on any atom is -0.479 e. The van der Waals surface area contributed by atoms with E-state index >= 15 is 0 Å². The smallest absolute Gasteiger partial charge is 0.407 e. The molecular formula is C25H28N2O6. The maximum Gasteiger partial charge on any atom is 0.407 e. The SMILES string of the molecule is CC(CO)(NC(=O)C1CCCC1NC(=O)OCC1c2ccccc2-c2ccccc21)C(=O)O. The first-order valence-corrected chi connectivity index (χ1v) is 11.1. The van der Waals surface area contributed by atoms with E-state index in [1.807, 2.05) is 36.4 Å². The minimum atomic E-state index is -1.77. The molecule has 3 unspecified atom stereocenters. The van der Waals surface area contributed by atoms with Crippen LogP contribution in [0, 0.1) is 5.92 Å². The normalized spacial score (nSPS) is 20.9. The lowest BCUT2D eigenvalue weighted by Crippen LogP contribution is -2.57. The number of carboxylic acids is 1. The van der Waals surface area contributed by atoms with Crippen LogP contribution in [0.1, 0.15) is 43.2 Å². The van der Waals surface area contributed by atoms with Crippen molar-refractivity contribution in [1.29, 1.82) is 0 Å². The number of carboxylic acid groups (broad SMARTS) is 1. The molecule has 2 aromatic carbocycles. The van der Waals surface area contributed by atoms with Crippen molar-refractivity contribution in [3.63, 3.8) is 0 Å². The van der Waals surface area contributed by atoms with E-state index in [0.29, 0.717) is 12.8 Å². The van der Waals surface area contributed by atoms with Gasteiger partial charge in [0.25, 0.3) is 0 Å². The molecule has 8 heteroatoms. The fourth-order valence-corrected chi connectivity index (χ4v) is 4.76. The molecule has 4 N–H and O–H groups in total. The van der Waals surface area contributed by atoms with Crippen LogP contribution in [-0.2, 0) is 14.3 Å². The van der Waals surface area contributed by atoms with Gasteiger partial charge >= 0.3 is 12.1 Å². The van der Waals surface area contributed by atoms with E-state index in [9.17, 15) is 24.6 Å². The second-order valence-electron chi connectivity index (χ2n) is 8.90. The van der Waals surface area contributed by atoms with Crippen molar-refractivity contribution in [3.8, 4) is 11.1 Å². The second kappa shape index (κ2) is 9.23. The first-order valence-electron chi connectivity index (χ1n) is 11.1. The number of amides is 2. The number of nitrogens with one attached hydrogen (secondary N) is 2. The Labute approximate surface area is 192 Å². The molecule has 2 aliphatic rings. The molecule has 174 valence electrons. The van der Waals surface area contributed by atoms with Crippen molar-refractivity contribution in [3.05, 3.63) is 59.7 Å². The Bertz CT molecular complexity index is 1020. The van der Waals surface area contributed by atoms with Gasteiger partial charge in [-0.3, -0.25) is 4.79 Å². The van der Waals surface area contributed by atoms with E-state index in [2.05, 4.69) is 22.8 Å². The summed E-state index contributed by atoms with van der Waals surface area (Å²) in [5.41, 5.74) is 2.73. The van der Waals surface area contributed by atoms with Crippen LogP contribution in [0.3, 0.4) is 0 Å². The first-order chi connectivity index (χ1) is 15.8. The molecule has 0 aromatic heterocycles. The molecule has 2 aromatic rings. The predicted molar refractivity (Wildman–Crippen MR) is 121 cm³/mol. The van der Waals surface area contributed by atoms with E-state index in [0.717, 1.165) is 28.7 Å². The van der Waals surface area contributed by atoms with Gasteiger partial charge in [0.05, 0.1) is 12.5 Å². The summed E-state index contributed by atoms with van der Waals surface area (Å²) in [7, 11) is 0. The van der Waals surface area contributed by atoms with Crippen LogP contribution >= 0.6 is 0 Å². The van der Waals surface area contributed by atoms with Crippen LogP contribution in [0.2, 0.25) is 0 Å². The highest BCUT2D eigenvalue weighted by molar-refractivity contribution is 5.88. The standard InChI is InChI=1S/C25H28N2O6/c1-25(14-28,23(30)31)27-22(29)19-11-6-12-21(19)26-24(32)33-13-20-17-9-4-2-7-15(17)16-8-3-5-10-18(16)20/h2-5,7-10,19-21,28H,6,11-14H2,1H3,(H,26,32)(H,27,29)(H,30,31). The molecule has 33 heavy (non-hydrogen) atoms. The van der Waals surface area contributed by atoms with Gasteiger partial charge in [0.1, 0.15) is 6.61 Å². The topological polar surface area (TPSA) is 125 Å². The predicted octanol–water partition coefficient (Wildman–Crippen LogP) is 2.65. The third-order valence-electron chi connectivity index (χ3n) is 6.69. The third-order valence-corrected chi connectivity index (χ3v) is 6.69. The van der Waals surface area contributed by atoms with Crippen molar-refractivity contribution in [1.82, 2.24) is 10.6 Å². The summed E-state index contributed by atoms with van der Waals surface area (Å²) in [5, 5.41) is 23.9. The zero-order valence-electron chi connectivity index (χ0n) is 18.4. The molecule has 0 spiro atoms. The van der Waals surface area contributed by atoms with Crippen LogP contribution in [0.25, 0.3) is 11.1 Å². The zero-order valence-corrected chi connectivity index (χ0v) is 18.4. The number of carbonyl (C=O) groups excluding carboxylic acids is 2. The molecule has 4 rings (SSSR count). The lowest BCUT2D eigenvalue weighted by atomic mass is 9.98. The average molecular weight is 453 g/mol. The van der Waals surface area contributed by atoms with Gasteiger partial charge in [-0.05, 0) is 42.0 Å². The maximum absolute atomic E-state index is 12.7. The van der Waals surface area contributed by atoms with Gasteiger partial charge in [-0.2, -0.15) is 0 Å². The van der Waals surface area contributed by atoms with Crippen LogP contribution in [-0.4, -0.2) is 53.0 Å². The van der Waals surface area contributed by atoms with Crippen molar-refractivity contribution >= 4 is 18.0 Å². The van der Waals surface area contributed by atoms with E-state index < -0.39 is 42.1 Å². The highest BCUT2D eigenvalue weighted by Crippen LogP contribution is 2.44. The second-order valence-corrected chi connectivity index (χ2v) is 8.90. The highest BCUT2D eigenvalue weighted by atomic mass is 16.5. The summed E-state index contributed by atoms with van der Waals surface area (Å²) < 4.78 is 5.57. The van der Waals surface area contributed by atoms with Crippen molar-refractivity contribution in [2.45, 2.75) is 43.7 Å². The summed E-state index contributed by atoms with van der Waals surface area (Å²) in [6.07, 6.45) is 1.21. The van der Waals surface area contributed by atoms with Crippen LogP contribution < -0.4 is 10.6 Å². The number of rotatable bonds is 7. The number of hydrogen-bond donors (Lipinski definition) is 4. The van der Waals surface area contributed by atoms with Gasteiger partial charge in [-0.1, -0.05) is 55.0 Å². The molecule has 0 saturated heterocycles. The van der Waals surface area contributed by atoms with Gasteiger partial charge < -0.3 is 25.6 Å². The molecule has 2 aliphatic carbocycles. The fourth-order valence-electron chi connectivity index (χ4n) is 4.76. The summed E-state index contributed by atoms with van der Waals surface area (Å²) in [6, 6.07) is 15.7. The molecule has 0 bridgehead atoms. The van der Waals surface area contributed by atoms with Gasteiger partial charge in [0.2, 0.25) is 5.91 Å². The van der Waals surface area contributed by atoms with Crippen molar-refractivity contribution in [2.24, 2.45) is 5.92 Å². The van der Waals surface area contributed by atoms with Crippen molar-refractivity contribution in [2.75, 3.05) is 13.2 Å². The zero-order chi connectivity index (χ0) is 23.6. The Balaban J connectivity index is 1.38. The highest BCUT2D eigenvalue weighted by Gasteiger charge is 2.40. The van der Waals surface area contributed by atoms with Crippen LogP contribution in [0.15, 0.2) is 48.5 Å². The number of fused-ring (bicyclic) bond motifs is 3. The molecule has 0 radical (unpaired) electrons. The Morgan fingerprint density at radius 3 is 2.21 bits per heavy atom. The lowest BCUT2D eigenvalue weighted by Gasteiger charge is -2.27. The minimum absolute atomic E-state index is 0.0633. The van der Waals surface area contributed by atoms with Gasteiger partial charge in [-0.25, -0.2) is 9.59 Å². The number of aliphatic hydroxyl groups excluding tert-OH is 1. The van der Waals surface area contributed by atoms with Gasteiger partial charge in [-0.15, -0.1) is 0 Å². The number of alkyl carbamates (subject to hydrolysis) is 1. The van der Waals surface area contributed by atoms with Crippen LogP contribution in [0.4, 0.5) is 4.79 Å². The van der Waals surface area contributed by atoms with E-state index in [4.69, 9.17) is 4.74 Å². The van der Waals surface area contributed by atoms with E-state index in [1.54, 1.807) is 0 Å². The van der Waals surface area contributed by atoms with E-state index in [-0.39, 0.29) is 12.5 Å². The largest absolute Gasteiger partial charge is 0.479 e. The number of hydrogen-bond acceptors (Lipinski definition) is 5. The Kier molecular flexibility index (Phi) is 6.37. The Morgan fingerprint density at radius 1 is 1.03 bits per heavy atom. The molecule has 1 saturated carbocycles. The number of aliphatic carboxylic acids is 1. The monoisotopic (exact) mass is 452 g/mol. The number of aliphatic hydroxyl groups is 1. The average Bonchev–Trinajstić information content (AvgIpc) is 3.40. The number of benzene rings is 2. The summed E-state index contributed by atoms with van der Waals surface area (Å²) in [6.45, 7) is 0.687. The molecule has 3 atom stereocenters. The first kappa shape index (κ1) is 22.8.